The van der Waals surface area contributed by atoms with Crippen LogP contribution in [0.4, 0.5) is 5.69 Å². The van der Waals surface area contributed by atoms with Crippen molar-refractivity contribution in [2.45, 2.75) is 50.5 Å². The third kappa shape index (κ3) is 3.58. The highest BCUT2D eigenvalue weighted by atomic mass is 32.2. The van der Waals surface area contributed by atoms with Gasteiger partial charge in [-0.3, -0.25) is 4.79 Å². The monoisotopic (exact) mass is 336 g/mol. The predicted octanol–water partition coefficient (Wildman–Crippen LogP) is 2.75. The SMILES string of the molecule is CC(C)NS(=O)(=O)c1ccc(NC(=O)C2CC3CCC2C3)cc1. The van der Waals surface area contributed by atoms with Gasteiger partial charge in [0, 0.05) is 17.6 Å². The van der Waals surface area contributed by atoms with Crippen molar-refractivity contribution in [3.8, 4) is 0 Å². The summed E-state index contributed by atoms with van der Waals surface area (Å²) in [5.74, 6) is 1.47. The molecule has 2 bridgehead atoms. The molecule has 23 heavy (non-hydrogen) atoms. The molecule has 2 fully saturated rings. The van der Waals surface area contributed by atoms with Gasteiger partial charge in [-0.25, -0.2) is 13.1 Å². The van der Waals surface area contributed by atoms with E-state index in [1.54, 1.807) is 26.0 Å². The van der Waals surface area contributed by atoms with Crippen LogP contribution in [0.15, 0.2) is 29.2 Å². The Hall–Kier alpha value is -1.40. The Morgan fingerprint density at radius 2 is 1.83 bits per heavy atom. The lowest BCUT2D eigenvalue weighted by atomic mass is 9.88. The van der Waals surface area contributed by atoms with E-state index in [0.717, 1.165) is 12.3 Å². The maximum atomic E-state index is 12.4. The second-order valence-corrected chi connectivity index (χ2v) is 8.78. The summed E-state index contributed by atoms with van der Waals surface area (Å²) >= 11 is 0. The molecule has 126 valence electrons. The number of sulfonamides is 1. The molecule has 1 aromatic carbocycles. The van der Waals surface area contributed by atoms with E-state index in [0.29, 0.717) is 11.6 Å². The van der Waals surface area contributed by atoms with Crippen molar-refractivity contribution in [2.24, 2.45) is 17.8 Å². The Morgan fingerprint density at radius 3 is 2.35 bits per heavy atom. The van der Waals surface area contributed by atoms with Gasteiger partial charge < -0.3 is 5.32 Å². The van der Waals surface area contributed by atoms with E-state index < -0.39 is 10.0 Å². The fourth-order valence-corrected chi connectivity index (χ4v) is 5.15. The number of carbonyl (C=O) groups excluding carboxylic acids is 1. The molecular formula is C17H24N2O3S. The average Bonchev–Trinajstić information content (AvgIpc) is 3.09. The molecular weight excluding hydrogens is 312 g/mol. The van der Waals surface area contributed by atoms with E-state index in [4.69, 9.17) is 0 Å². The molecule has 2 saturated carbocycles. The van der Waals surface area contributed by atoms with Crippen molar-refractivity contribution < 1.29 is 13.2 Å². The van der Waals surface area contributed by atoms with Gasteiger partial charge in [0.05, 0.1) is 4.90 Å². The van der Waals surface area contributed by atoms with E-state index in [1.807, 2.05) is 0 Å². The van der Waals surface area contributed by atoms with Gasteiger partial charge in [-0.2, -0.15) is 0 Å². The fraction of sp³-hybridized carbons (Fsp3) is 0.588. The lowest BCUT2D eigenvalue weighted by Gasteiger charge is -2.20. The average molecular weight is 336 g/mol. The molecule has 1 amide bonds. The molecule has 3 atom stereocenters. The lowest BCUT2D eigenvalue weighted by molar-refractivity contribution is -0.121. The molecule has 3 rings (SSSR count). The minimum absolute atomic E-state index is 0.0770. The van der Waals surface area contributed by atoms with Gasteiger partial charge in [0.25, 0.3) is 0 Å². The number of carbonyl (C=O) groups is 1. The first kappa shape index (κ1) is 16.5. The summed E-state index contributed by atoms with van der Waals surface area (Å²) in [6.45, 7) is 3.56. The molecule has 1 aromatic rings. The smallest absolute Gasteiger partial charge is 0.240 e. The molecule has 0 aromatic heterocycles. The third-order valence-electron chi connectivity index (χ3n) is 4.90. The summed E-state index contributed by atoms with van der Waals surface area (Å²) in [5.41, 5.74) is 0.654. The number of benzene rings is 1. The number of hydrogen-bond donors (Lipinski definition) is 2. The largest absolute Gasteiger partial charge is 0.326 e. The number of anilines is 1. The Balaban J connectivity index is 1.65. The van der Waals surface area contributed by atoms with Gasteiger partial charge in [0.1, 0.15) is 0 Å². The highest BCUT2D eigenvalue weighted by Crippen LogP contribution is 2.48. The zero-order valence-corrected chi connectivity index (χ0v) is 14.4. The number of rotatable bonds is 5. The third-order valence-corrected chi connectivity index (χ3v) is 6.57. The Labute approximate surface area is 137 Å². The van der Waals surface area contributed by atoms with Gasteiger partial charge in [-0.1, -0.05) is 6.42 Å². The molecule has 2 aliphatic rings. The molecule has 0 radical (unpaired) electrons. The molecule has 0 heterocycles. The number of amides is 1. The van der Waals surface area contributed by atoms with Gasteiger partial charge in [-0.05, 0) is 69.2 Å². The first-order valence-electron chi connectivity index (χ1n) is 8.28. The number of nitrogens with one attached hydrogen (secondary N) is 2. The molecule has 0 spiro atoms. The number of hydrogen-bond acceptors (Lipinski definition) is 3. The van der Waals surface area contributed by atoms with E-state index in [9.17, 15) is 13.2 Å². The summed E-state index contributed by atoms with van der Waals surface area (Å²) in [5, 5.41) is 2.93. The lowest BCUT2D eigenvalue weighted by Crippen LogP contribution is -2.30. The normalized spacial score (nSPS) is 26.7. The maximum Gasteiger partial charge on any atom is 0.240 e. The first-order chi connectivity index (χ1) is 10.8. The fourth-order valence-electron chi connectivity index (χ4n) is 3.90. The van der Waals surface area contributed by atoms with Gasteiger partial charge in [0.2, 0.25) is 15.9 Å². The molecule has 6 heteroatoms. The van der Waals surface area contributed by atoms with Crippen LogP contribution in [0.5, 0.6) is 0 Å². The van der Waals surface area contributed by atoms with Crippen LogP contribution in [-0.2, 0) is 14.8 Å². The van der Waals surface area contributed by atoms with Crippen LogP contribution in [0, 0.1) is 17.8 Å². The van der Waals surface area contributed by atoms with E-state index in [1.165, 1.54) is 31.4 Å². The Kier molecular flexibility index (Phi) is 4.47. The summed E-state index contributed by atoms with van der Waals surface area (Å²) in [6, 6.07) is 6.21. The predicted molar refractivity (Wildman–Crippen MR) is 89.5 cm³/mol. The van der Waals surface area contributed by atoms with E-state index in [-0.39, 0.29) is 22.8 Å². The zero-order chi connectivity index (χ0) is 16.6. The van der Waals surface area contributed by atoms with Crippen LogP contribution < -0.4 is 10.0 Å². The van der Waals surface area contributed by atoms with Crippen molar-refractivity contribution in [1.29, 1.82) is 0 Å². The molecule has 5 nitrogen and oxygen atoms in total. The molecule has 3 unspecified atom stereocenters. The van der Waals surface area contributed by atoms with Gasteiger partial charge >= 0.3 is 0 Å². The Morgan fingerprint density at radius 1 is 1.13 bits per heavy atom. The quantitative estimate of drug-likeness (QED) is 0.868. The van der Waals surface area contributed by atoms with Crippen LogP contribution in [0.1, 0.15) is 39.5 Å². The summed E-state index contributed by atoms with van der Waals surface area (Å²) in [7, 11) is -3.49. The van der Waals surface area contributed by atoms with Crippen LogP contribution in [0.3, 0.4) is 0 Å². The minimum Gasteiger partial charge on any atom is -0.326 e. The van der Waals surface area contributed by atoms with Crippen molar-refractivity contribution >= 4 is 21.6 Å². The topological polar surface area (TPSA) is 75.3 Å². The first-order valence-corrected chi connectivity index (χ1v) is 9.77. The van der Waals surface area contributed by atoms with Gasteiger partial charge in [0.15, 0.2) is 0 Å². The number of fused-ring (bicyclic) bond motifs is 2. The van der Waals surface area contributed by atoms with E-state index >= 15 is 0 Å². The second kappa shape index (κ2) is 6.24. The van der Waals surface area contributed by atoms with Crippen molar-refractivity contribution in [3.63, 3.8) is 0 Å². The second-order valence-electron chi connectivity index (χ2n) is 7.07. The zero-order valence-electron chi connectivity index (χ0n) is 13.6. The summed E-state index contributed by atoms with van der Waals surface area (Å²) in [4.78, 5) is 12.6. The van der Waals surface area contributed by atoms with Crippen LogP contribution in [0.25, 0.3) is 0 Å². The Bertz CT molecular complexity index is 682. The van der Waals surface area contributed by atoms with Crippen molar-refractivity contribution in [2.75, 3.05) is 5.32 Å². The van der Waals surface area contributed by atoms with E-state index in [2.05, 4.69) is 10.0 Å². The molecule has 2 N–H and O–H groups in total. The molecule has 0 aliphatic heterocycles. The molecule has 2 aliphatic carbocycles. The highest BCUT2D eigenvalue weighted by Gasteiger charge is 2.42. The van der Waals surface area contributed by atoms with Crippen LogP contribution in [0.2, 0.25) is 0 Å². The standard InChI is InChI=1S/C17H24N2O3S/c1-11(2)19-23(21,22)15-7-5-14(6-8-15)18-17(20)16-10-12-3-4-13(16)9-12/h5-8,11-13,16,19H,3-4,9-10H2,1-2H3,(H,18,20). The highest BCUT2D eigenvalue weighted by molar-refractivity contribution is 7.89. The van der Waals surface area contributed by atoms with Crippen molar-refractivity contribution in [3.05, 3.63) is 24.3 Å². The maximum absolute atomic E-state index is 12.4. The molecule has 0 saturated heterocycles. The van der Waals surface area contributed by atoms with Gasteiger partial charge in [-0.15, -0.1) is 0 Å². The summed E-state index contributed by atoms with van der Waals surface area (Å²) < 4.78 is 26.7. The van der Waals surface area contributed by atoms with Crippen molar-refractivity contribution in [1.82, 2.24) is 4.72 Å². The van der Waals surface area contributed by atoms with Crippen LogP contribution >= 0.6 is 0 Å². The minimum atomic E-state index is -3.49. The summed E-state index contributed by atoms with van der Waals surface area (Å²) in [6.07, 6.45) is 4.63. The van der Waals surface area contributed by atoms with Crippen LogP contribution in [-0.4, -0.2) is 20.4 Å².